The number of aromatic nitrogens is 2. The first-order valence-electron chi connectivity index (χ1n) is 10.6. The molecule has 5 heterocycles. The van der Waals surface area contributed by atoms with E-state index >= 15 is 0 Å². The van der Waals surface area contributed by atoms with Crippen molar-refractivity contribution in [3.8, 4) is 0 Å². The van der Waals surface area contributed by atoms with Crippen molar-refractivity contribution in [2.45, 2.75) is 31.3 Å². The van der Waals surface area contributed by atoms with Crippen molar-refractivity contribution >= 4 is 50.6 Å². The van der Waals surface area contributed by atoms with Gasteiger partial charge in [0.05, 0.1) is 18.4 Å². The summed E-state index contributed by atoms with van der Waals surface area (Å²) >= 11 is 1.64. The molecule has 8 nitrogen and oxygen atoms in total. The summed E-state index contributed by atoms with van der Waals surface area (Å²) in [4.78, 5) is 39.2. The number of rotatable bonds is 4. The molecule has 9 heteroatoms. The van der Waals surface area contributed by atoms with E-state index < -0.39 is 0 Å². The molecule has 2 N–H and O–H groups in total. The number of carbonyl (C=O) groups is 2. The van der Waals surface area contributed by atoms with Crippen molar-refractivity contribution in [1.82, 2.24) is 14.9 Å². The van der Waals surface area contributed by atoms with Crippen LogP contribution in [0, 0.1) is 0 Å². The minimum absolute atomic E-state index is 0.0335. The second-order valence-electron chi connectivity index (χ2n) is 8.43. The molecule has 2 amide bonds. The van der Waals surface area contributed by atoms with E-state index in [2.05, 4.69) is 41.8 Å². The molecule has 2 atom stereocenters. The third-order valence-corrected chi connectivity index (χ3v) is 7.29. The van der Waals surface area contributed by atoms with E-state index in [1.54, 1.807) is 17.7 Å². The van der Waals surface area contributed by atoms with Crippen LogP contribution in [-0.2, 0) is 16.0 Å². The van der Waals surface area contributed by atoms with Gasteiger partial charge in [0.25, 0.3) is 0 Å². The summed E-state index contributed by atoms with van der Waals surface area (Å²) < 4.78 is 0. The molecule has 158 valence electrons. The number of carbonyl (C=O) groups excluding carboxylic acids is 2. The van der Waals surface area contributed by atoms with E-state index in [9.17, 15) is 9.59 Å². The van der Waals surface area contributed by atoms with Gasteiger partial charge in [-0.15, -0.1) is 11.3 Å². The van der Waals surface area contributed by atoms with Gasteiger partial charge in [0.15, 0.2) is 0 Å². The van der Waals surface area contributed by atoms with E-state index in [1.165, 1.54) is 0 Å². The van der Waals surface area contributed by atoms with Crippen LogP contribution >= 0.6 is 11.3 Å². The Bertz CT molecular complexity index is 1180. The standard InChI is InChI=1S/C22H22N6O2S/c29-19-8-16-17(25-19)2-1-3-18(16)26-20(30)11-27-9-13-4-5-14(10-27)28(13)21-15-6-7-31-22(15)24-12-23-21/h1-3,6-7,12-14H,4-5,8-11H2,(H,25,29)(H,26,30). The van der Waals surface area contributed by atoms with E-state index in [0.29, 0.717) is 25.0 Å². The van der Waals surface area contributed by atoms with Crippen LogP contribution in [0.15, 0.2) is 36.0 Å². The second kappa shape index (κ2) is 7.28. The minimum atomic E-state index is -0.0390. The Hall–Kier alpha value is -3.04. The fourth-order valence-corrected chi connectivity index (χ4v) is 5.93. The molecular weight excluding hydrogens is 412 g/mol. The molecule has 2 bridgehead atoms. The highest BCUT2D eigenvalue weighted by Gasteiger charge is 2.41. The Balaban J connectivity index is 1.15. The molecule has 3 aliphatic rings. The number of fused-ring (bicyclic) bond motifs is 4. The number of likely N-dealkylation sites (tertiary alicyclic amines) is 1. The number of nitrogens with zero attached hydrogens (tertiary/aromatic N) is 4. The fourth-order valence-electron chi connectivity index (χ4n) is 5.21. The number of nitrogens with one attached hydrogen (secondary N) is 2. The number of hydrogen-bond acceptors (Lipinski definition) is 7. The lowest BCUT2D eigenvalue weighted by Gasteiger charge is -2.41. The molecule has 0 saturated carbocycles. The number of benzene rings is 1. The molecule has 2 fully saturated rings. The van der Waals surface area contributed by atoms with Gasteiger partial charge in [-0.25, -0.2) is 9.97 Å². The molecule has 2 unspecified atom stereocenters. The number of hydrogen-bond donors (Lipinski definition) is 2. The Kier molecular flexibility index (Phi) is 4.39. The monoisotopic (exact) mass is 434 g/mol. The second-order valence-corrected chi connectivity index (χ2v) is 9.32. The molecular formula is C22H22N6O2S. The largest absolute Gasteiger partial charge is 0.347 e. The molecule has 0 radical (unpaired) electrons. The van der Waals surface area contributed by atoms with Crippen LogP contribution in [-0.4, -0.2) is 58.4 Å². The molecule has 2 saturated heterocycles. The van der Waals surface area contributed by atoms with Gasteiger partial charge in [-0.3, -0.25) is 14.5 Å². The lowest BCUT2D eigenvalue weighted by molar-refractivity contribution is -0.117. The summed E-state index contributed by atoms with van der Waals surface area (Å²) in [5.74, 6) is 0.955. The van der Waals surface area contributed by atoms with Gasteiger partial charge in [0.1, 0.15) is 17.0 Å². The van der Waals surface area contributed by atoms with Crippen molar-refractivity contribution in [3.63, 3.8) is 0 Å². The van der Waals surface area contributed by atoms with Gasteiger partial charge in [-0.2, -0.15) is 0 Å². The van der Waals surface area contributed by atoms with Crippen LogP contribution < -0.4 is 15.5 Å². The lowest BCUT2D eigenvalue weighted by Crippen LogP contribution is -2.55. The summed E-state index contributed by atoms with van der Waals surface area (Å²) in [6.07, 6.45) is 4.19. The third kappa shape index (κ3) is 3.24. The Morgan fingerprint density at radius 3 is 2.87 bits per heavy atom. The van der Waals surface area contributed by atoms with Crippen molar-refractivity contribution in [1.29, 1.82) is 0 Å². The highest BCUT2D eigenvalue weighted by Crippen LogP contribution is 2.38. The van der Waals surface area contributed by atoms with E-state index in [0.717, 1.165) is 58.9 Å². The van der Waals surface area contributed by atoms with Gasteiger partial charge >= 0.3 is 0 Å². The van der Waals surface area contributed by atoms with Gasteiger partial charge in [-0.1, -0.05) is 6.07 Å². The van der Waals surface area contributed by atoms with Crippen molar-refractivity contribution in [2.24, 2.45) is 0 Å². The lowest BCUT2D eigenvalue weighted by atomic mass is 10.1. The van der Waals surface area contributed by atoms with Crippen molar-refractivity contribution < 1.29 is 9.59 Å². The quantitative estimate of drug-likeness (QED) is 0.656. The maximum absolute atomic E-state index is 12.8. The Labute approximate surface area is 183 Å². The average Bonchev–Trinajstić information content (AvgIpc) is 3.44. The smallest absolute Gasteiger partial charge is 0.238 e. The number of thiophene rings is 1. The molecule has 1 aromatic carbocycles. The normalized spacial score (nSPS) is 22.6. The Morgan fingerprint density at radius 2 is 2.03 bits per heavy atom. The first-order chi connectivity index (χ1) is 15.2. The molecule has 3 aromatic rings. The molecule has 3 aliphatic heterocycles. The van der Waals surface area contributed by atoms with Crippen LogP contribution in [0.3, 0.4) is 0 Å². The number of anilines is 3. The predicted molar refractivity (Wildman–Crippen MR) is 121 cm³/mol. The highest BCUT2D eigenvalue weighted by molar-refractivity contribution is 7.16. The van der Waals surface area contributed by atoms with Crippen molar-refractivity contribution in [3.05, 3.63) is 41.5 Å². The third-order valence-electron chi connectivity index (χ3n) is 6.47. The summed E-state index contributed by atoms with van der Waals surface area (Å²) in [6.45, 7) is 2.03. The zero-order valence-electron chi connectivity index (χ0n) is 16.9. The van der Waals surface area contributed by atoms with E-state index in [-0.39, 0.29) is 11.8 Å². The zero-order valence-corrected chi connectivity index (χ0v) is 17.7. The van der Waals surface area contributed by atoms with Gasteiger partial charge in [0.2, 0.25) is 11.8 Å². The summed E-state index contributed by atoms with van der Waals surface area (Å²) in [6, 6.07) is 8.39. The predicted octanol–water partition coefficient (Wildman–Crippen LogP) is 2.48. The van der Waals surface area contributed by atoms with Gasteiger partial charge in [-0.05, 0) is 36.4 Å². The first-order valence-corrected chi connectivity index (χ1v) is 11.4. The fraction of sp³-hybridized carbons (Fsp3) is 0.364. The summed E-state index contributed by atoms with van der Waals surface area (Å²) in [5.41, 5.74) is 2.39. The molecule has 6 rings (SSSR count). The average molecular weight is 435 g/mol. The van der Waals surface area contributed by atoms with Crippen LogP contribution in [0.1, 0.15) is 18.4 Å². The minimum Gasteiger partial charge on any atom is -0.347 e. The van der Waals surface area contributed by atoms with Crippen LogP contribution in [0.4, 0.5) is 17.2 Å². The van der Waals surface area contributed by atoms with E-state index in [4.69, 9.17) is 0 Å². The van der Waals surface area contributed by atoms with Gasteiger partial charge in [0, 0.05) is 42.1 Å². The SMILES string of the molecule is O=C1Cc2c(cccc2NC(=O)CN2CC3CCC(C2)N3c2ncnc3sccc23)N1. The summed E-state index contributed by atoms with van der Waals surface area (Å²) in [7, 11) is 0. The zero-order chi connectivity index (χ0) is 20.9. The first kappa shape index (κ1) is 18.7. The molecule has 2 aromatic heterocycles. The van der Waals surface area contributed by atoms with Crippen LogP contribution in [0.5, 0.6) is 0 Å². The topological polar surface area (TPSA) is 90.5 Å². The van der Waals surface area contributed by atoms with E-state index in [1.807, 2.05) is 18.2 Å². The highest BCUT2D eigenvalue weighted by atomic mass is 32.1. The summed E-state index contributed by atoms with van der Waals surface area (Å²) in [5, 5.41) is 9.03. The van der Waals surface area contributed by atoms with Gasteiger partial charge < -0.3 is 15.5 Å². The molecule has 0 spiro atoms. The number of amides is 2. The maximum Gasteiger partial charge on any atom is 0.238 e. The van der Waals surface area contributed by atoms with Crippen LogP contribution in [0.25, 0.3) is 10.2 Å². The maximum atomic E-state index is 12.8. The Morgan fingerprint density at radius 1 is 1.19 bits per heavy atom. The molecule has 31 heavy (non-hydrogen) atoms. The van der Waals surface area contributed by atoms with Crippen molar-refractivity contribution in [2.75, 3.05) is 35.2 Å². The number of piperazine rings is 1. The van der Waals surface area contributed by atoms with Crippen LogP contribution in [0.2, 0.25) is 0 Å². The molecule has 0 aliphatic carbocycles.